The van der Waals surface area contributed by atoms with Crippen molar-refractivity contribution in [2.24, 2.45) is 5.73 Å². The zero-order valence-electron chi connectivity index (χ0n) is 19.6. The van der Waals surface area contributed by atoms with E-state index in [4.69, 9.17) is 14.9 Å². The molecule has 2 atom stereocenters. The number of carbonyl (C=O) groups excluding carboxylic acids is 1. The molecule has 1 amide bonds. The first-order valence-corrected chi connectivity index (χ1v) is 11.6. The van der Waals surface area contributed by atoms with Gasteiger partial charge < -0.3 is 19.8 Å². The molecule has 0 radical (unpaired) electrons. The molecule has 186 valence electrons. The molecule has 1 aromatic rings. The highest BCUT2D eigenvalue weighted by atomic mass is 32.2. The average molecular weight is 497 g/mol. The minimum absolute atomic E-state index is 0.00707. The minimum atomic E-state index is -3.78. The van der Waals surface area contributed by atoms with Crippen molar-refractivity contribution < 1.29 is 26.8 Å². The lowest BCUT2D eigenvalue weighted by Crippen LogP contribution is -2.50. The van der Waals surface area contributed by atoms with Gasteiger partial charge in [0.1, 0.15) is 5.42 Å². The monoisotopic (exact) mass is 496 g/mol. The molecule has 2 rings (SSSR count). The van der Waals surface area contributed by atoms with E-state index in [2.05, 4.69) is 16.0 Å². The average Bonchev–Trinajstić information content (AvgIpc) is 2.72. The number of ether oxygens (including phenoxy) is 1. The van der Waals surface area contributed by atoms with E-state index in [1.54, 1.807) is 6.92 Å². The molecule has 0 bridgehead atoms. The van der Waals surface area contributed by atoms with Crippen molar-refractivity contribution in [3.05, 3.63) is 68.4 Å². The maximum Gasteiger partial charge on any atom is 0.410 e. The molecule has 34 heavy (non-hydrogen) atoms. The van der Waals surface area contributed by atoms with Crippen LogP contribution < -0.4 is 31.4 Å². The Bertz CT molecular complexity index is 1330. The van der Waals surface area contributed by atoms with Crippen LogP contribution in [-0.2, 0) is 21.4 Å². The number of nitrogens with one attached hydrogen (secondary N) is 2. The van der Waals surface area contributed by atoms with E-state index in [0.29, 0.717) is 16.4 Å². The summed E-state index contributed by atoms with van der Waals surface area (Å²) in [6, 6.07) is 0. The van der Waals surface area contributed by atoms with Gasteiger partial charge in [0.15, 0.2) is 11.8 Å². The van der Waals surface area contributed by atoms with Crippen molar-refractivity contribution in [1.29, 1.82) is 0 Å². The third-order valence-electron chi connectivity index (χ3n) is 5.11. The number of carbonyl (C=O) groups is 1. The van der Waals surface area contributed by atoms with Crippen LogP contribution in [0, 0.1) is 6.92 Å². The molecule has 4 N–H and O–H groups in total. The van der Waals surface area contributed by atoms with E-state index in [0.717, 1.165) is 4.90 Å². The number of nitrogens with two attached hydrogens (primary N) is 1. The van der Waals surface area contributed by atoms with Gasteiger partial charge >= 0.3 is 11.7 Å². The van der Waals surface area contributed by atoms with E-state index in [1.165, 1.54) is 58.6 Å². The van der Waals surface area contributed by atoms with Crippen LogP contribution in [0.4, 0.5) is 9.18 Å². The molecule has 0 saturated heterocycles. The van der Waals surface area contributed by atoms with Crippen LogP contribution in [0.15, 0.2) is 45.4 Å². The summed E-state index contributed by atoms with van der Waals surface area (Å²) in [5.41, 5.74) is 4.40. The number of nitrogens with zero attached hydrogens (tertiary/aromatic N) is 1. The number of halogens is 1. The van der Waals surface area contributed by atoms with Crippen molar-refractivity contribution in [3.63, 3.8) is 0 Å². The lowest BCUT2D eigenvalue weighted by molar-refractivity contribution is 0.0164. The first kappa shape index (κ1) is 26.9. The van der Waals surface area contributed by atoms with Crippen molar-refractivity contribution >= 4 is 28.5 Å². The first-order valence-electron chi connectivity index (χ1n) is 10.1. The van der Waals surface area contributed by atoms with E-state index >= 15 is 4.39 Å². The van der Waals surface area contributed by atoms with Gasteiger partial charge in [0.2, 0.25) is 0 Å². The minimum Gasteiger partial charge on any atom is -0.435 e. The highest BCUT2D eigenvalue weighted by Crippen LogP contribution is 2.25. The van der Waals surface area contributed by atoms with Gasteiger partial charge in [-0.25, -0.2) is 18.7 Å². The second-order valence-electron chi connectivity index (χ2n) is 8.02. The summed E-state index contributed by atoms with van der Waals surface area (Å²) >= 11 is 0. The quantitative estimate of drug-likeness (QED) is 0.424. The van der Waals surface area contributed by atoms with Gasteiger partial charge in [0, 0.05) is 50.1 Å². The summed E-state index contributed by atoms with van der Waals surface area (Å²) in [6.45, 7) is 6.66. The van der Waals surface area contributed by atoms with Gasteiger partial charge in [-0.3, -0.25) is 4.72 Å². The van der Waals surface area contributed by atoms with Crippen molar-refractivity contribution in [3.8, 4) is 0 Å². The summed E-state index contributed by atoms with van der Waals surface area (Å²) in [5, 5.41) is 0.353. The highest BCUT2D eigenvalue weighted by Gasteiger charge is 2.38. The molecular weight excluding hydrogens is 467 g/mol. The number of hydrogen-bond acceptors (Lipinski definition) is 7. The van der Waals surface area contributed by atoms with Crippen molar-refractivity contribution in [1.82, 2.24) is 14.3 Å². The molecule has 0 aromatic carbocycles. The lowest BCUT2D eigenvalue weighted by Gasteiger charge is -2.31. The Hall–Kier alpha value is -3.38. The zero-order valence-corrected chi connectivity index (χ0v) is 20.5. The van der Waals surface area contributed by atoms with E-state index in [-0.39, 0.29) is 23.1 Å². The van der Waals surface area contributed by atoms with Gasteiger partial charge in [0.25, 0.3) is 10.2 Å². The number of allylic oxidation sites excluding steroid dienone is 3. The Morgan fingerprint density at radius 2 is 2.09 bits per heavy atom. The molecule has 0 spiro atoms. The van der Waals surface area contributed by atoms with E-state index in [9.17, 15) is 18.0 Å². The number of amides is 1. The summed E-state index contributed by atoms with van der Waals surface area (Å²) < 4.78 is 53.4. The Kier molecular flexibility index (Phi) is 8.11. The second kappa shape index (κ2) is 10.3. The molecule has 0 saturated carbocycles. The van der Waals surface area contributed by atoms with Crippen LogP contribution in [0.25, 0.3) is 12.2 Å². The summed E-state index contributed by atoms with van der Waals surface area (Å²) in [4.78, 5) is 25.9. The molecule has 12 heteroatoms. The van der Waals surface area contributed by atoms with Gasteiger partial charge in [-0.1, -0.05) is 6.58 Å². The van der Waals surface area contributed by atoms with Crippen LogP contribution >= 0.6 is 0 Å². The third-order valence-corrected chi connectivity index (χ3v) is 6.18. The fourth-order valence-corrected chi connectivity index (χ4v) is 3.72. The molecular formula is C22H29FN4O6S. The smallest absolute Gasteiger partial charge is 0.410 e. The van der Waals surface area contributed by atoms with Gasteiger partial charge in [-0.05, 0) is 49.4 Å². The van der Waals surface area contributed by atoms with Gasteiger partial charge in [0.05, 0.1) is 0 Å². The zero-order chi connectivity index (χ0) is 25.8. The van der Waals surface area contributed by atoms with Crippen molar-refractivity contribution in [2.75, 3.05) is 21.1 Å². The van der Waals surface area contributed by atoms with Crippen molar-refractivity contribution in [2.45, 2.75) is 32.0 Å². The summed E-state index contributed by atoms with van der Waals surface area (Å²) in [6.07, 6.45) is 4.19. The molecule has 1 aliphatic carbocycles. The van der Waals surface area contributed by atoms with Crippen LogP contribution in [0.1, 0.15) is 18.1 Å². The number of hydrogen-bond donors (Lipinski definition) is 3. The van der Waals surface area contributed by atoms with Crippen LogP contribution in [0.3, 0.4) is 0 Å². The van der Waals surface area contributed by atoms with Gasteiger partial charge in [-0.15, -0.1) is 0 Å². The molecule has 0 aliphatic heterocycles. The summed E-state index contributed by atoms with van der Waals surface area (Å²) in [7, 11) is 0.390. The van der Waals surface area contributed by atoms with Gasteiger partial charge in [-0.2, -0.15) is 8.42 Å². The molecule has 1 aromatic heterocycles. The van der Waals surface area contributed by atoms with Crippen LogP contribution in [-0.4, -0.2) is 52.3 Å². The third kappa shape index (κ3) is 6.14. The van der Waals surface area contributed by atoms with E-state index < -0.39 is 33.7 Å². The first-order chi connectivity index (χ1) is 15.7. The molecule has 1 heterocycles. The predicted molar refractivity (Wildman–Crippen MR) is 127 cm³/mol. The largest absolute Gasteiger partial charge is 0.435 e. The van der Waals surface area contributed by atoms with Crippen LogP contribution in [0.5, 0.6) is 0 Å². The number of alkyl halides is 1. The SMILES string of the molecule is C=C(/C=C(\C=C/N)Cc1c(C)c2c(oc1=O)=CC(C)(OC(=O)N(C)C)C(F)C=2)NS(=O)(=O)NC. The topological polar surface area (TPSA) is 144 Å². The molecule has 10 nitrogen and oxygen atoms in total. The Labute approximate surface area is 197 Å². The predicted octanol–water partition coefficient (Wildman–Crippen LogP) is -0.173. The molecule has 0 fully saturated rings. The fourth-order valence-electron chi connectivity index (χ4n) is 3.22. The normalized spacial score (nSPS) is 20.2. The Balaban J connectivity index is 2.52. The standard InChI is InChI=1S/C22H29FN4O6S/c1-13(26-34(30,31)25-4)9-15(7-8-24)10-17-14(2)16-11-19(23)22(3,33-21(29)27(5)6)12-18(16)32-20(17)28/h7-9,11-12,19,25-26H,1,10,24H2,2-6H3/b8-7-,15-9+. The Morgan fingerprint density at radius 1 is 1.44 bits per heavy atom. The van der Waals surface area contributed by atoms with E-state index in [1.807, 2.05) is 0 Å². The maximum atomic E-state index is 15.1. The molecule has 1 aliphatic rings. The highest BCUT2D eigenvalue weighted by molar-refractivity contribution is 7.87. The maximum absolute atomic E-state index is 15.1. The number of fused-ring (bicyclic) bond motifs is 1. The van der Waals surface area contributed by atoms with Crippen LogP contribution in [0.2, 0.25) is 0 Å². The molecule has 2 unspecified atom stereocenters. The second-order valence-corrected chi connectivity index (χ2v) is 9.64. The lowest BCUT2D eigenvalue weighted by atomic mass is 9.92. The number of rotatable bonds is 8. The fraction of sp³-hybridized carbons (Fsp3) is 0.364. The Morgan fingerprint density at radius 3 is 2.65 bits per heavy atom. The summed E-state index contributed by atoms with van der Waals surface area (Å²) in [5.74, 6) is 0.